The highest BCUT2D eigenvalue weighted by Crippen LogP contribution is 2.38. The number of alkyl halides is 5. The molecule has 0 saturated heterocycles. The van der Waals surface area contributed by atoms with Crippen LogP contribution in [0, 0.1) is 0 Å². The molecule has 0 aliphatic carbocycles. The molecule has 0 spiro atoms. The Morgan fingerprint density at radius 2 is 1.67 bits per heavy atom. The molecule has 15 heavy (non-hydrogen) atoms. The van der Waals surface area contributed by atoms with E-state index in [-0.39, 0.29) is 10.6 Å². The molecule has 0 aliphatic rings. The van der Waals surface area contributed by atoms with Crippen molar-refractivity contribution in [2.75, 3.05) is 0 Å². The third kappa shape index (κ3) is 3.06. The summed E-state index contributed by atoms with van der Waals surface area (Å²) < 4.78 is 60.7. The van der Waals surface area contributed by atoms with Crippen LogP contribution >= 0.6 is 11.6 Å². The number of hydrogen-bond acceptors (Lipinski definition) is 0. The summed E-state index contributed by atoms with van der Waals surface area (Å²) in [6, 6.07) is 4.98. The molecule has 0 radical (unpaired) electrons. The van der Waals surface area contributed by atoms with Gasteiger partial charge in [0, 0.05) is 11.4 Å². The quantitative estimate of drug-likeness (QED) is 0.688. The van der Waals surface area contributed by atoms with Crippen molar-refractivity contribution in [3.63, 3.8) is 0 Å². The second-order valence-electron chi connectivity index (χ2n) is 3.01. The molecule has 0 aliphatic heterocycles. The van der Waals surface area contributed by atoms with Crippen molar-refractivity contribution in [3.8, 4) is 0 Å². The van der Waals surface area contributed by atoms with E-state index >= 15 is 0 Å². The second-order valence-corrected chi connectivity index (χ2v) is 3.45. The lowest BCUT2D eigenvalue weighted by molar-refractivity contribution is -0.281. The van der Waals surface area contributed by atoms with Crippen LogP contribution in [0.5, 0.6) is 0 Å². The molecule has 0 amide bonds. The molecule has 0 nitrogen and oxygen atoms in total. The minimum absolute atomic E-state index is 0.130. The highest BCUT2D eigenvalue weighted by molar-refractivity contribution is 6.30. The fourth-order valence-corrected chi connectivity index (χ4v) is 1.22. The van der Waals surface area contributed by atoms with Gasteiger partial charge < -0.3 is 0 Å². The van der Waals surface area contributed by atoms with E-state index in [9.17, 15) is 22.0 Å². The number of halogens is 6. The maximum absolute atomic E-state index is 12.6. The molecule has 1 aromatic carbocycles. The van der Waals surface area contributed by atoms with Gasteiger partial charge in [0.1, 0.15) is 0 Å². The molecule has 84 valence electrons. The van der Waals surface area contributed by atoms with Crippen LogP contribution in [0.15, 0.2) is 24.3 Å². The summed E-state index contributed by atoms with van der Waals surface area (Å²) in [7, 11) is 0. The maximum atomic E-state index is 12.6. The van der Waals surface area contributed by atoms with Gasteiger partial charge in [0.05, 0.1) is 0 Å². The van der Waals surface area contributed by atoms with Gasteiger partial charge >= 0.3 is 12.1 Å². The first kappa shape index (κ1) is 12.2. The normalized spacial score (nSPS) is 12.9. The van der Waals surface area contributed by atoms with E-state index in [1.54, 1.807) is 0 Å². The summed E-state index contributed by atoms with van der Waals surface area (Å²) in [6.45, 7) is 0. The fraction of sp³-hybridized carbons (Fsp3) is 0.333. The lowest BCUT2D eigenvalue weighted by atomic mass is 10.1. The van der Waals surface area contributed by atoms with E-state index in [4.69, 9.17) is 11.6 Å². The molecule has 0 unspecified atom stereocenters. The van der Waals surface area contributed by atoms with Gasteiger partial charge in [-0.05, 0) is 17.7 Å². The molecule has 6 heteroatoms. The Morgan fingerprint density at radius 3 is 2.13 bits per heavy atom. The van der Waals surface area contributed by atoms with Crippen LogP contribution in [0.4, 0.5) is 22.0 Å². The highest BCUT2D eigenvalue weighted by Gasteiger charge is 2.56. The van der Waals surface area contributed by atoms with Crippen molar-refractivity contribution in [3.05, 3.63) is 34.9 Å². The summed E-state index contributed by atoms with van der Waals surface area (Å²) in [5.74, 6) is -4.72. The predicted molar refractivity (Wildman–Crippen MR) is 46.2 cm³/mol. The Morgan fingerprint density at radius 1 is 1.07 bits per heavy atom. The van der Waals surface area contributed by atoms with E-state index in [0.29, 0.717) is 0 Å². The van der Waals surface area contributed by atoms with Crippen LogP contribution in [0.2, 0.25) is 5.02 Å². The largest absolute Gasteiger partial charge is 0.453 e. The zero-order valence-corrected chi connectivity index (χ0v) is 8.04. The summed E-state index contributed by atoms with van der Waals surface area (Å²) in [5.41, 5.74) is -0.148. The molecule has 1 aromatic rings. The first-order valence-corrected chi connectivity index (χ1v) is 4.29. The SMILES string of the molecule is FC(F)(F)C(F)(F)Cc1cccc(Cl)c1. The lowest BCUT2D eigenvalue weighted by Crippen LogP contribution is -2.38. The van der Waals surface area contributed by atoms with Crippen molar-refractivity contribution in [2.24, 2.45) is 0 Å². The van der Waals surface area contributed by atoms with Crippen LogP contribution in [0.1, 0.15) is 5.56 Å². The smallest absolute Gasteiger partial charge is 0.196 e. The first-order chi connectivity index (χ1) is 6.72. The van der Waals surface area contributed by atoms with Gasteiger partial charge in [-0.15, -0.1) is 0 Å². The molecular weight excluding hydrogens is 239 g/mol. The van der Waals surface area contributed by atoms with Crippen molar-refractivity contribution in [1.29, 1.82) is 0 Å². The fourth-order valence-electron chi connectivity index (χ4n) is 1.00. The zero-order chi connectivity index (χ0) is 11.7. The monoisotopic (exact) mass is 244 g/mol. The third-order valence-corrected chi connectivity index (χ3v) is 1.97. The molecule has 0 N–H and O–H groups in total. The summed E-state index contributed by atoms with van der Waals surface area (Å²) in [6.07, 6.45) is -6.92. The third-order valence-electron chi connectivity index (χ3n) is 1.73. The molecular formula is C9H6ClF5. The molecule has 0 heterocycles. The Bertz CT molecular complexity index is 345. The first-order valence-electron chi connectivity index (χ1n) is 3.91. The molecule has 0 bridgehead atoms. The van der Waals surface area contributed by atoms with E-state index in [0.717, 1.165) is 6.07 Å². The highest BCUT2D eigenvalue weighted by atomic mass is 35.5. The maximum Gasteiger partial charge on any atom is 0.453 e. The van der Waals surface area contributed by atoms with Crippen LogP contribution < -0.4 is 0 Å². The van der Waals surface area contributed by atoms with E-state index < -0.39 is 18.5 Å². The molecule has 1 rings (SSSR count). The number of hydrogen-bond donors (Lipinski definition) is 0. The molecule has 0 atom stereocenters. The molecule has 0 fully saturated rings. The minimum Gasteiger partial charge on any atom is -0.196 e. The standard InChI is InChI=1S/C9H6ClF5/c10-7-3-1-2-6(4-7)5-8(11,12)9(13,14)15/h1-4H,5H2. The minimum atomic E-state index is -5.53. The van der Waals surface area contributed by atoms with Crippen LogP contribution in [0.25, 0.3) is 0 Å². The van der Waals surface area contributed by atoms with Gasteiger partial charge in [-0.2, -0.15) is 22.0 Å². The molecule has 0 aromatic heterocycles. The zero-order valence-electron chi connectivity index (χ0n) is 7.28. The van der Waals surface area contributed by atoms with Crippen molar-refractivity contribution < 1.29 is 22.0 Å². The second kappa shape index (κ2) is 3.96. The van der Waals surface area contributed by atoms with Gasteiger partial charge in [-0.1, -0.05) is 23.7 Å². The van der Waals surface area contributed by atoms with E-state index in [1.165, 1.54) is 18.2 Å². The predicted octanol–water partition coefficient (Wildman–Crippen LogP) is 4.08. The average molecular weight is 245 g/mol. The summed E-state index contributed by atoms with van der Waals surface area (Å²) in [5, 5.41) is 0.130. The van der Waals surface area contributed by atoms with Gasteiger partial charge in [0.25, 0.3) is 0 Å². The summed E-state index contributed by atoms with van der Waals surface area (Å²) in [4.78, 5) is 0. The Labute approximate surface area is 87.7 Å². The van der Waals surface area contributed by atoms with Gasteiger partial charge in [0.2, 0.25) is 0 Å². The summed E-state index contributed by atoms with van der Waals surface area (Å²) >= 11 is 5.46. The van der Waals surface area contributed by atoms with Gasteiger partial charge in [0.15, 0.2) is 0 Å². The number of rotatable bonds is 2. The molecule has 0 saturated carbocycles. The van der Waals surface area contributed by atoms with Crippen LogP contribution in [0.3, 0.4) is 0 Å². The lowest BCUT2D eigenvalue weighted by Gasteiger charge is -2.19. The van der Waals surface area contributed by atoms with E-state index in [2.05, 4.69) is 0 Å². The Hall–Kier alpha value is -0.840. The van der Waals surface area contributed by atoms with E-state index in [1.807, 2.05) is 0 Å². The van der Waals surface area contributed by atoms with Crippen LogP contribution in [-0.4, -0.2) is 12.1 Å². The van der Waals surface area contributed by atoms with Crippen LogP contribution in [-0.2, 0) is 6.42 Å². The van der Waals surface area contributed by atoms with Crippen molar-refractivity contribution >= 4 is 11.6 Å². The average Bonchev–Trinajstić information content (AvgIpc) is 2.00. The van der Waals surface area contributed by atoms with Crippen molar-refractivity contribution in [2.45, 2.75) is 18.5 Å². The van der Waals surface area contributed by atoms with Crippen molar-refractivity contribution in [1.82, 2.24) is 0 Å². The topological polar surface area (TPSA) is 0 Å². The Kier molecular flexibility index (Phi) is 3.23. The Balaban J connectivity index is 2.87. The van der Waals surface area contributed by atoms with Gasteiger partial charge in [-0.25, -0.2) is 0 Å². The van der Waals surface area contributed by atoms with Gasteiger partial charge in [-0.3, -0.25) is 0 Å². The number of benzene rings is 1.